The maximum Gasteiger partial charge on any atom is 0.138 e. The van der Waals surface area contributed by atoms with Crippen LogP contribution in [0.3, 0.4) is 0 Å². The lowest BCUT2D eigenvalue weighted by atomic mass is 10.2. The zero-order valence-electron chi connectivity index (χ0n) is 10.4. The number of H-pyrrole nitrogens is 1. The number of aromatic nitrogens is 4. The van der Waals surface area contributed by atoms with Gasteiger partial charge in [-0.15, -0.1) is 21.5 Å². The number of fused-ring (bicyclic) bond motifs is 1. The quantitative estimate of drug-likeness (QED) is 0.607. The molecule has 0 spiro atoms. The van der Waals surface area contributed by atoms with Crippen LogP contribution < -0.4 is 0 Å². The summed E-state index contributed by atoms with van der Waals surface area (Å²) in [6, 6.07) is 14.3. The van der Waals surface area contributed by atoms with Gasteiger partial charge in [0, 0.05) is 10.9 Å². The van der Waals surface area contributed by atoms with Crippen LogP contribution in [0.5, 0.6) is 0 Å². The predicted octanol–water partition coefficient (Wildman–Crippen LogP) is 3.75. The topological polar surface area (TPSA) is 54.5 Å². The first-order valence-corrected chi connectivity index (χ1v) is 7.09. The van der Waals surface area contributed by atoms with Crippen molar-refractivity contribution in [2.24, 2.45) is 0 Å². The van der Waals surface area contributed by atoms with Gasteiger partial charge in [-0.05, 0) is 23.6 Å². The second kappa shape index (κ2) is 4.54. The molecular formula is C15H10N4S. The number of thiophene rings is 1. The van der Waals surface area contributed by atoms with Crippen LogP contribution in [0.25, 0.3) is 32.9 Å². The zero-order chi connectivity index (χ0) is 13.4. The van der Waals surface area contributed by atoms with Gasteiger partial charge in [0.2, 0.25) is 0 Å². The third kappa shape index (κ3) is 1.80. The Balaban J connectivity index is 1.94. The van der Waals surface area contributed by atoms with Crippen LogP contribution in [0, 0.1) is 0 Å². The fraction of sp³-hybridized carbons (Fsp3) is 0. The molecule has 0 aliphatic carbocycles. The average Bonchev–Trinajstić information content (AvgIpc) is 3.16. The second-order valence-corrected chi connectivity index (χ2v) is 5.35. The Morgan fingerprint density at radius 1 is 1.00 bits per heavy atom. The summed E-state index contributed by atoms with van der Waals surface area (Å²) < 4.78 is 0. The summed E-state index contributed by atoms with van der Waals surface area (Å²) in [5.74, 6) is 0. The van der Waals surface area contributed by atoms with Crippen molar-refractivity contribution in [2.75, 3.05) is 0 Å². The van der Waals surface area contributed by atoms with Crippen LogP contribution in [0.15, 0.2) is 54.2 Å². The number of rotatable bonds is 2. The van der Waals surface area contributed by atoms with Crippen LogP contribution in [0.2, 0.25) is 0 Å². The molecule has 3 heterocycles. The van der Waals surface area contributed by atoms with Crippen molar-refractivity contribution in [1.29, 1.82) is 0 Å². The molecule has 0 amide bonds. The Kier molecular flexibility index (Phi) is 2.57. The largest absolute Gasteiger partial charge is 0.353 e. The fourth-order valence-corrected chi connectivity index (χ4v) is 2.96. The first kappa shape index (κ1) is 11.3. The van der Waals surface area contributed by atoms with Crippen LogP contribution in [-0.4, -0.2) is 20.2 Å². The van der Waals surface area contributed by atoms with Crippen molar-refractivity contribution < 1.29 is 0 Å². The van der Waals surface area contributed by atoms with Crippen LogP contribution in [0.1, 0.15) is 0 Å². The van der Waals surface area contributed by atoms with E-state index in [1.807, 2.05) is 29.6 Å². The molecule has 4 aromatic rings. The van der Waals surface area contributed by atoms with Gasteiger partial charge in [0.1, 0.15) is 17.7 Å². The molecule has 0 aliphatic rings. The standard InChI is InChI=1S/C15H10N4S/c1-2-5-11-10(4-1)8-12(18-11)14-15(19-17-9-16-14)13-6-3-7-20-13/h1-9,18H. The van der Waals surface area contributed by atoms with Crippen molar-refractivity contribution in [3.63, 3.8) is 0 Å². The van der Waals surface area contributed by atoms with Crippen molar-refractivity contribution in [1.82, 2.24) is 20.2 Å². The predicted molar refractivity (Wildman–Crippen MR) is 80.4 cm³/mol. The molecule has 20 heavy (non-hydrogen) atoms. The highest BCUT2D eigenvalue weighted by molar-refractivity contribution is 7.13. The molecule has 4 rings (SSSR count). The molecule has 1 aromatic carbocycles. The lowest BCUT2D eigenvalue weighted by molar-refractivity contribution is 0.981. The van der Waals surface area contributed by atoms with E-state index < -0.39 is 0 Å². The molecule has 0 saturated carbocycles. The highest BCUT2D eigenvalue weighted by Crippen LogP contribution is 2.31. The first-order chi connectivity index (χ1) is 9.92. The molecule has 0 aliphatic heterocycles. The summed E-state index contributed by atoms with van der Waals surface area (Å²) in [6.45, 7) is 0. The number of benzene rings is 1. The number of para-hydroxylation sites is 1. The highest BCUT2D eigenvalue weighted by atomic mass is 32.1. The van der Waals surface area contributed by atoms with Gasteiger partial charge in [-0.3, -0.25) is 0 Å². The molecule has 96 valence electrons. The van der Waals surface area contributed by atoms with Crippen molar-refractivity contribution in [3.05, 3.63) is 54.2 Å². The highest BCUT2D eigenvalue weighted by Gasteiger charge is 2.13. The van der Waals surface area contributed by atoms with Gasteiger partial charge in [0.25, 0.3) is 0 Å². The molecule has 0 fully saturated rings. The molecule has 0 radical (unpaired) electrons. The van der Waals surface area contributed by atoms with Gasteiger partial charge >= 0.3 is 0 Å². The summed E-state index contributed by atoms with van der Waals surface area (Å²) in [6.07, 6.45) is 1.48. The minimum absolute atomic E-state index is 0.814. The third-order valence-corrected chi connectivity index (χ3v) is 4.04. The van der Waals surface area contributed by atoms with Gasteiger partial charge in [0.05, 0.1) is 10.6 Å². The van der Waals surface area contributed by atoms with Gasteiger partial charge in [0.15, 0.2) is 0 Å². The molecule has 0 unspecified atom stereocenters. The molecule has 1 N–H and O–H groups in total. The normalized spacial score (nSPS) is 11.0. The maximum atomic E-state index is 4.40. The van der Waals surface area contributed by atoms with E-state index in [4.69, 9.17) is 0 Å². The number of hydrogen-bond donors (Lipinski definition) is 1. The van der Waals surface area contributed by atoms with Crippen molar-refractivity contribution in [3.8, 4) is 22.0 Å². The minimum atomic E-state index is 0.814. The third-order valence-electron chi connectivity index (χ3n) is 3.16. The first-order valence-electron chi connectivity index (χ1n) is 6.21. The van der Waals surface area contributed by atoms with E-state index >= 15 is 0 Å². The van der Waals surface area contributed by atoms with E-state index in [2.05, 4.69) is 38.4 Å². The minimum Gasteiger partial charge on any atom is -0.353 e. The van der Waals surface area contributed by atoms with E-state index in [0.717, 1.165) is 27.5 Å². The Labute approximate surface area is 119 Å². The van der Waals surface area contributed by atoms with E-state index in [9.17, 15) is 0 Å². The fourth-order valence-electron chi connectivity index (χ4n) is 2.25. The summed E-state index contributed by atoms with van der Waals surface area (Å²) in [5, 5.41) is 11.3. The molecule has 3 aromatic heterocycles. The average molecular weight is 278 g/mol. The Morgan fingerprint density at radius 3 is 2.80 bits per heavy atom. The summed E-state index contributed by atoms with van der Waals surface area (Å²) in [4.78, 5) is 8.86. The number of aromatic amines is 1. The van der Waals surface area contributed by atoms with E-state index in [1.54, 1.807) is 11.3 Å². The molecule has 0 saturated heterocycles. The van der Waals surface area contributed by atoms with Gasteiger partial charge < -0.3 is 4.98 Å². The Hall–Kier alpha value is -2.53. The molecule has 0 bridgehead atoms. The van der Waals surface area contributed by atoms with Crippen molar-refractivity contribution >= 4 is 22.2 Å². The SMILES string of the molecule is c1csc(-c2nncnc2-c2cc3ccccc3[nH]2)c1. The number of nitrogens with zero attached hydrogens (tertiary/aromatic N) is 3. The smallest absolute Gasteiger partial charge is 0.138 e. The number of hydrogen-bond acceptors (Lipinski definition) is 4. The van der Waals surface area contributed by atoms with Gasteiger partial charge in [-0.1, -0.05) is 24.3 Å². The molecule has 4 nitrogen and oxygen atoms in total. The monoisotopic (exact) mass is 278 g/mol. The van der Waals surface area contributed by atoms with Gasteiger partial charge in [-0.2, -0.15) is 0 Å². The Morgan fingerprint density at radius 2 is 1.95 bits per heavy atom. The van der Waals surface area contributed by atoms with E-state index in [0.29, 0.717) is 0 Å². The van der Waals surface area contributed by atoms with E-state index in [-0.39, 0.29) is 0 Å². The van der Waals surface area contributed by atoms with E-state index in [1.165, 1.54) is 11.7 Å². The summed E-state index contributed by atoms with van der Waals surface area (Å²) in [5.41, 5.74) is 3.70. The lowest BCUT2D eigenvalue weighted by Crippen LogP contribution is -1.93. The lowest BCUT2D eigenvalue weighted by Gasteiger charge is -2.02. The van der Waals surface area contributed by atoms with Crippen LogP contribution in [-0.2, 0) is 0 Å². The second-order valence-electron chi connectivity index (χ2n) is 4.40. The molecule has 0 atom stereocenters. The summed E-state index contributed by atoms with van der Waals surface area (Å²) in [7, 11) is 0. The zero-order valence-corrected chi connectivity index (χ0v) is 11.3. The van der Waals surface area contributed by atoms with Gasteiger partial charge in [-0.25, -0.2) is 4.98 Å². The van der Waals surface area contributed by atoms with Crippen molar-refractivity contribution in [2.45, 2.75) is 0 Å². The molecular weight excluding hydrogens is 268 g/mol. The maximum absolute atomic E-state index is 4.40. The summed E-state index contributed by atoms with van der Waals surface area (Å²) >= 11 is 1.64. The molecule has 5 heteroatoms. The number of nitrogens with one attached hydrogen (secondary N) is 1. The van der Waals surface area contributed by atoms with Crippen LogP contribution in [0.4, 0.5) is 0 Å². The Bertz CT molecular complexity index is 831. The van der Waals surface area contributed by atoms with Crippen LogP contribution >= 0.6 is 11.3 Å².